The van der Waals surface area contributed by atoms with Crippen molar-refractivity contribution in [1.82, 2.24) is 4.57 Å². The monoisotopic (exact) mass is 333 g/mol. The third-order valence-corrected chi connectivity index (χ3v) is 4.14. The third kappa shape index (κ3) is 2.82. The fraction of sp³-hybridized carbons (Fsp3) is 0.118. The van der Waals surface area contributed by atoms with Crippen molar-refractivity contribution in [3.63, 3.8) is 0 Å². The van der Waals surface area contributed by atoms with Gasteiger partial charge in [0.2, 0.25) is 0 Å². The summed E-state index contributed by atoms with van der Waals surface area (Å²) in [6.45, 7) is 0.601. The summed E-state index contributed by atoms with van der Waals surface area (Å²) in [5.41, 5.74) is 2.44. The molecular formula is C17H13Cl2NO2. The van der Waals surface area contributed by atoms with E-state index in [0.29, 0.717) is 22.2 Å². The van der Waals surface area contributed by atoms with E-state index in [1.165, 1.54) is 7.11 Å². The van der Waals surface area contributed by atoms with E-state index in [0.717, 1.165) is 16.5 Å². The van der Waals surface area contributed by atoms with E-state index in [1.54, 1.807) is 12.1 Å². The maximum Gasteiger partial charge on any atom is 0.337 e. The van der Waals surface area contributed by atoms with Gasteiger partial charge >= 0.3 is 5.97 Å². The van der Waals surface area contributed by atoms with Crippen LogP contribution in [0.3, 0.4) is 0 Å². The van der Waals surface area contributed by atoms with E-state index in [2.05, 4.69) is 0 Å². The van der Waals surface area contributed by atoms with Gasteiger partial charge in [-0.25, -0.2) is 4.79 Å². The van der Waals surface area contributed by atoms with Crippen LogP contribution in [0.1, 0.15) is 15.9 Å². The van der Waals surface area contributed by atoms with Crippen molar-refractivity contribution in [3.05, 3.63) is 69.8 Å². The molecule has 0 saturated carbocycles. The van der Waals surface area contributed by atoms with Gasteiger partial charge in [0, 0.05) is 28.3 Å². The van der Waals surface area contributed by atoms with Gasteiger partial charge in [0.15, 0.2) is 0 Å². The van der Waals surface area contributed by atoms with E-state index in [4.69, 9.17) is 27.9 Å². The van der Waals surface area contributed by atoms with Crippen LogP contribution >= 0.6 is 23.2 Å². The van der Waals surface area contributed by atoms with Gasteiger partial charge in [-0.3, -0.25) is 0 Å². The molecule has 22 heavy (non-hydrogen) atoms. The minimum absolute atomic E-state index is 0.348. The van der Waals surface area contributed by atoms with Gasteiger partial charge in [-0.2, -0.15) is 0 Å². The Bertz CT molecular complexity index is 855. The van der Waals surface area contributed by atoms with Crippen LogP contribution in [0.25, 0.3) is 10.9 Å². The Kier molecular flexibility index (Phi) is 4.10. The Morgan fingerprint density at radius 2 is 1.95 bits per heavy atom. The number of hydrogen-bond donors (Lipinski definition) is 0. The van der Waals surface area contributed by atoms with Crippen molar-refractivity contribution >= 4 is 40.1 Å². The molecule has 3 aromatic rings. The van der Waals surface area contributed by atoms with Gasteiger partial charge < -0.3 is 9.30 Å². The number of esters is 1. The van der Waals surface area contributed by atoms with Crippen LogP contribution in [0.4, 0.5) is 0 Å². The number of benzene rings is 2. The zero-order valence-corrected chi connectivity index (χ0v) is 13.4. The van der Waals surface area contributed by atoms with Crippen molar-refractivity contribution in [2.45, 2.75) is 6.54 Å². The van der Waals surface area contributed by atoms with Crippen molar-refractivity contribution in [2.24, 2.45) is 0 Å². The van der Waals surface area contributed by atoms with Crippen LogP contribution in [0, 0.1) is 0 Å². The summed E-state index contributed by atoms with van der Waals surface area (Å²) >= 11 is 12.2. The van der Waals surface area contributed by atoms with E-state index >= 15 is 0 Å². The molecule has 0 radical (unpaired) electrons. The number of nitrogens with zero attached hydrogens (tertiary/aromatic N) is 1. The molecule has 2 aromatic carbocycles. The predicted octanol–water partition coefficient (Wildman–Crippen LogP) is 4.78. The highest BCUT2D eigenvalue weighted by Gasteiger charge is 2.10. The average Bonchev–Trinajstić information content (AvgIpc) is 2.91. The van der Waals surface area contributed by atoms with E-state index in [1.807, 2.05) is 41.1 Å². The molecule has 3 rings (SSSR count). The summed E-state index contributed by atoms with van der Waals surface area (Å²) in [6.07, 6.45) is 1.97. The summed E-state index contributed by atoms with van der Waals surface area (Å²) in [5, 5.41) is 2.29. The maximum absolute atomic E-state index is 11.7. The number of methoxy groups -OCH3 is 1. The van der Waals surface area contributed by atoms with Crippen molar-refractivity contribution in [2.75, 3.05) is 7.11 Å². The zero-order chi connectivity index (χ0) is 15.7. The van der Waals surface area contributed by atoms with E-state index < -0.39 is 0 Å². The fourth-order valence-corrected chi connectivity index (χ4v) is 2.87. The first kappa shape index (κ1) is 14.9. The zero-order valence-electron chi connectivity index (χ0n) is 11.8. The highest BCUT2D eigenvalue weighted by Crippen LogP contribution is 2.24. The van der Waals surface area contributed by atoms with E-state index in [9.17, 15) is 4.79 Å². The second-order valence-electron chi connectivity index (χ2n) is 4.94. The standard InChI is InChI=1S/C17H13Cl2NO2/c1-22-17(21)12-3-2-11-6-7-20(16(11)8-12)10-13-4-5-14(18)9-15(13)19/h2-9H,10H2,1H3. The summed E-state index contributed by atoms with van der Waals surface area (Å²) in [7, 11) is 1.37. The number of hydrogen-bond acceptors (Lipinski definition) is 2. The first-order valence-electron chi connectivity index (χ1n) is 6.69. The number of halogens is 2. The number of rotatable bonds is 3. The number of fused-ring (bicyclic) bond motifs is 1. The predicted molar refractivity (Wildman–Crippen MR) is 88.8 cm³/mol. The maximum atomic E-state index is 11.7. The first-order chi connectivity index (χ1) is 10.6. The molecule has 0 aliphatic heterocycles. The molecule has 0 aliphatic carbocycles. The van der Waals surface area contributed by atoms with Crippen molar-refractivity contribution in [3.8, 4) is 0 Å². The molecule has 1 heterocycles. The van der Waals surface area contributed by atoms with Gasteiger partial charge in [-0.05, 0) is 41.3 Å². The normalized spacial score (nSPS) is 10.9. The fourth-order valence-electron chi connectivity index (χ4n) is 2.40. The van der Waals surface area contributed by atoms with Crippen molar-refractivity contribution < 1.29 is 9.53 Å². The first-order valence-corrected chi connectivity index (χ1v) is 7.45. The summed E-state index contributed by atoms with van der Waals surface area (Å²) in [4.78, 5) is 11.7. The van der Waals surface area contributed by atoms with Crippen LogP contribution in [-0.2, 0) is 11.3 Å². The molecule has 0 spiro atoms. The minimum Gasteiger partial charge on any atom is -0.465 e. The molecule has 5 heteroatoms. The molecule has 0 unspecified atom stereocenters. The molecule has 0 N–H and O–H groups in total. The van der Waals surface area contributed by atoms with Crippen LogP contribution in [0.2, 0.25) is 10.0 Å². The number of carbonyl (C=O) groups excluding carboxylic acids is 1. The van der Waals surface area contributed by atoms with Crippen LogP contribution in [-0.4, -0.2) is 17.6 Å². The lowest BCUT2D eigenvalue weighted by Crippen LogP contribution is -2.02. The van der Waals surface area contributed by atoms with E-state index in [-0.39, 0.29) is 5.97 Å². The van der Waals surface area contributed by atoms with Gasteiger partial charge in [0.25, 0.3) is 0 Å². The lowest BCUT2D eigenvalue weighted by molar-refractivity contribution is 0.0601. The third-order valence-electron chi connectivity index (χ3n) is 3.55. The molecular weight excluding hydrogens is 321 g/mol. The van der Waals surface area contributed by atoms with Gasteiger partial charge in [-0.1, -0.05) is 35.3 Å². The highest BCUT2D eigenvalue weighted by molar-refractivity contribution is 6.35. The average molecular weight is 334 g/mol. The Hall–Kier alpha value is -1.97. The highest BCUT2D eigenvalue weighted by atomic mass is 35.5. The van der Waals surface area contributed by atoms with Crippen LogP contribution < -0.4 is 0 Å². The molecule has 1 aromatic heterocycles. The van der Waals surface area contributed by atoms with Gasteiger partial charge in [0.05, 0.1) is 12.7 Å². The smallest absolute Gasteiger partial charge is 0.337 e. The van der Waals surface area contributed by atoms with Crippen LogP contribution in [0.5, 0.6) is 0 Å². The van der Waals surface area contributed by atoms with Gasteiger partial charge in [0.1, 0.15) is 0 Å². The molecule has 0 atom stereocenters. The number of carbonyl (C=O) groups is 1. The topological polar surface area (TPSA) is 31.2 Å². The molecule has 0 amide bonds. The van der Waals surface area contributed by atoms with Crippen molar-refractivity contribution in [1.29, 1.82) is 0 Å². The lowest BCUT2D eigenvalue weighted by Gasteiger charge is -2.09. The molecule has 0 aliphatic rings. The molecule has 0 fully saturated rings. The molecule has 3 nitrogen and oxygen atoms in total. The Balaban J connectivity index is 2.01. The second kappa shape index (κ2) is 6.03. The Morgan fingerprint density at radius 3 is 2.68 bits per heavy atom. The summed E-state index contributed by atoms with van der Waals surface area (Å²) in [5.74, 6) is -0.348. The number of aromatic nitrogens is 1. The molecule has 112 valence electrons. The summed E-state index contributed by atoms with van der Waals surface area (Å²) < 4.78 is 6.81. The largest absolute Gasteiger partial charge is 0.465 e. The second-order valence-corrected chi connectivity index (χ2v) is 5.79. The lowest BCUT2D eigenvalue weighted by atomic mass is 10.1. The molecule has 0 saturated heterocycles. The Labute approximate surface area is 138 Å². The Morgan fingerprint density at radius 1 is 1.14 bits per heavy atom. The summed E-state index contributed by atoms with van der Waals surface area (Å²) in [6, 6.07) is 12.9. The minimum atomic E-state index is -0.348. The van der Waals surface area contributed by atoms with Crippen LogP contribution in [0.15, 0.2) is 48.7 Å². The number of ether oxygens (including phenoxy) is 1. The quantitative estimate of drug-likeness (QED) is 0.645. The SMILES string of the molecule is COC(=O)c1ccc2ccn(Cc3ccc(Cl)cc3Cl)c2c1. The molecule has 0 bridgehead atoms. The van der Waals surface area contributed by atoms with Gasteiger partial charge in [-0.15, -0.1) is 0 Å².